The Balaban J connectivity index is 2.45. The third-order valence-electron chi connectivity index (χ3n) is 3.89. The number of benzene rings is 1. The van der Waals surface area contributed by atoms with Gasteiger partial charge in [-0.1, -0.05) is 19.9 Å². The maximum absolute atomic E-state index is 12.3. The van der Waals surface area contributed by atoms with Gasteiger partial charge in [-0.15, -0.1) is 0 Å². The molecule has 0 aromatic heterocycles. The first-order valence-corrected chi connectivity index (χ1v) is 7.87. The maximum Gasteiger partial charge on any atom is 0.251 e. The molecule has 1 rings (SSSR count). The van der Waals surface area contributed by atoms with Crippen LogP contribution in [0.15, 0.2) is 18.2 Å². The van der Waals surface area contributed by atoms with Crippen LogP contribution in [0.25, 0.3) is 0 Å². The number of nitrogen functional groups attached to an aromatic ring is 1. The standard InChI is InChI=1S/C17H29N3O/c1-5-20(6-2)11-7-8-14(4)19-17(21)16-12-15(18)10-9-13(16)3/h9-10,12,14H,5-8,11,18H2,1-4H3,(H,19,21). The summed E-state index contributed by atoms with van der Waals surface area (Å²) in [6, 6.07) is 5.62. The Kier molecular flexibility index (Phi) is 7.23. The van der Waals surface area contributed by atoms with Crippen molar-refractivity contribution >= 4 is 11.6 Å². The average molecular weight is 291 g/mol. The number of anilines is 1. The van der Waals surface area contributed by atoms with Crippen molar-refractivity contribution in [2.24, 2.45) is 0 Å². The highest BCUT2D eigenvalue weighted by atomic mass is 16.1. The molecule has 1 aromatic rings. The van der Waals surface area contributed by atoms with E-state index in [1.807, 2.05) is 19.1 Å². The van der Waals surface area contributed by atoms with Crippen LogP contribution in [0.5, 0.6) is 0 Å². The smallest absolute Gasteiger partial charge is 0.251 e. The largest absolute Gasteiger partial charge is 0.399 e. The molecule has 0 fully saturated rings. The third kappa shape index (κ3) is 5.76. The molecule has 1 amide bonds. The van der Waals surface area contributed by atoms with Crippen LogP contribution in [0.4, 0.5) is 5.69 Å². The van der Waals surface area contributed by atoms with E-state index in [0.29, 0.717) is 11.3 Å². The summed E-state index contributed by atoms with van der Waals surface area (Å²) in [7, 11) is 0. The molecule has 0 aliphatic rings. The van der Waals surface area contributed by atoms with E-state index in [1.54, 1.807) is 6.07 Å². The van der Waals surface area contributed by atoms with E-state index < -0.39 is 0 Å². The summed E-state index contributed by atoms with van der Waals surface area (Å²) in [4.78, 5) is 14.7. The lowest BCUT2D eigenvalue weighted by Crippen LogP contribution is -2.34. The van der Waals surface area contributed by atoms with Crippen LogP contribution in [0, 0.1) is 6.92 Å². The van der Waals surface area contributed by atoms with E-state index in [-0.39, 0.29) is 11.9 Å². The molecule has 3 N–H and O–H groups in total. The summed E-state index contributed by atoms with van der Waals surface area (Å²) in [5.74, 6) is -0.0323. The molecule has 21 heavy (non-hydrogen) atoms. The van der Waals surface area contributed by atoms with Gasteiger partial charge in [-0.25, -0.2) is 0 Å². The molecule has 0 bridgehead atoms. The molecule has 4 heteroatoms. The van der Waals surface area contributed by atoms with E-state index in [2.05, 4.69) is 31.0 Å². The van der Waals surface area contributed by atoms with Crippen molar-refractivity contribution in [2.45, 2.75) is 46.6 Å². The zero-order valence-electron chi connectivity index (χ0n) is 13.8. The van der Waals surface area contributed by atoms with Gasteiger partial charge in [0.25, 0.3) is 5.91 Å². The quantitative estimate of drug-likeness (QED) is 0.724. The van der Waals surface area contributed by atoms with E-state index in [9.17, 15) is 4.79 Å². The molecular formula is C17H29N3O. The summed E-state index contributed by atoms with van der Waals surface area (Å²) in [6.07, 6.45) is 2.09. The molecule has 1 atom stereocenters. The molecule has 0 radical (unpaired) electrons. The van der Waals surface area contributed by atoms with Crippen molar-refractivity contribution in [2.75, 3.05) is 25.4 Å². The van der Waals surface area contributed by atoms with Crippen LogP contribution in [-0.2, 0) is 0 Å². The van der Waals surface area contributed by atoms with Gasteiger partial charge in [0.1, 0.15) is 0 Å². The van der Waals surface area contributed by atoms with Crippen molar-refractivity contribution in [3.8, 4) is 0 Å². The van der Waals surface area contributed by atoms with Crippen molar-refractivity contribution in [1.82, 2.24) is 10.2 Å². The first-order valence-electron chi connectivity index (χ1n) is 7.87. The Morgan fingerprint density at radius 3 is 2.62 bits per heavy atom. The number of aryl methyl sites for hydroxylation is 1. The highest BCUT2D eigenvalue weighted by Crippen LogP contribution is 2.13. The lowest BCUT2D eigenvalue weighted by atomic mass is 10.1. The van der Waals surface area contributed by atoms with Crippen molar-refractivity contribution in [3.05, 3.63) is 29.3 Å². The molecule has 0 saturated heterocycles. The predicted octanol–water partition coefficient (Wildman–Crippen LogP) is 2.82. The van der Waals surface area contributed by atoms with Gasteiger partial charge in [-0.3, -0.25) is 4.79 Å². The van der Waals surface area contributed by atoms with Crippen LogP contribution < -0.4 is 11.1 Å². The van der Waals surface area contributed by atoms with Gasteiger partial charge in [0, 0.05) is 17.3 Å². The second-order valence-electron chi connectivity index (χ2n) is 5.62. The van der Waals surface area contributed by atoms with E-state index >= 15 is 0 Å². The van der Waals surface area contributed by atoms with Crippen LogP contribution in [0.3, 0.4) is 0 Å². The SMILES string of the molecule is CCN(CC)CCCC(C)NC(=O)c1cc(N)ccc1C. The van der Waals surface area contributed by atoms with Crippen molar-refractivity contribution in [3.63, 3.8) is 0 Å². The van der Waals surface area contributed by atoms with E-state index in [1.165, 1.54) is 0 Å². The highest BCUT2D eigenvalue weighted by Gasteiger charge is 2.12. The van der Waals surface area contributed by atoms with Gasteiger partial charge in [-0.05, 0) is 64.0 Å². The Labute approximate surface area is 128 Å². The predicted molar refractivity (Wildman–Crippen MR) is 89.5 cm³/mol. The molecular weight excluding hydrogens is 262 g/mol. The van der Waals surface area contributed by atoms with Crippen molar-refractivity contribution in [1.29, 1.82) is 0 Å². The molecule has 0 heterocycles. The minimum absolute atomic E-state index is 0.0323. The zero-order valence-corrected chi connectivity index (χ0v) is 13.8. The summed E-state index contributed by atoms with van der Waals surface area (Å²) in [6.45, 7) is 11.6. The molecule has 0 spiro atoms. The summed E-state index contributed by atoms with van der Waals surface area (Å²) in [5, 5.41) is 3.06. The molecule has 0 aliphatic heterocycles. The fraction of sp³-hybridized carbons (Fsp3) is 0.588. The molecule has 118 valence electrons. The minimum atomic E-state index is -0.0323. The van der Waals surface area contributed by atoms with Gasteiger partial charge >= 0.3 is 0 Å². The van der Waals surface area contributed by atoms with Crippen LogP contribution >= 0.6 is 0 Å². The number of nitrogens with zero attached hydrogens (tertiary/aromatic N) is 1. The number of nitrogens with one attached hydrogen (secondary N) is 1. The highest BCUT2D eigenvalue weighted by molar-refractivity contribution is 5.96. The zero-order chi connectivity index (χ0) is 15.8. The number of carbonyl (C=O) groups is 1. The second-order valence-corrected chi connectivity index (χ2v) is 5.62. The Bertz CT molecular complexity index is 455. The molecule has 0 saturated carbocycles. The van der Waals surface area contributed by atoms with Gasteiger partial charge < -0.3 is 16.0 Å². The van der Waals surface area contributed by atoms with E-state index in [4.69, 9.17) is 5.73 Å². The number of nitrogens with two attached hydrogens (primary N) is 1. The molecule has 1 aromatic carbocycles. The third-order valence-corrected chi connectivity index (χ3v) is 3.89. The van der Waals surface area contributed by atoms with Crippen LogP contribution in [0.1, 0.15) is 49.5 Å². The monoisotopic (exact) mass is 291 g/mol. The Morgan fingerprint density at radius 1 is 1.33 bits per heavy atom. The topological polar surface area (TPSA) is 58.4 Å². The number of hydrogen-bond donors (Lipinski definition) is 2. The lowest BCUT2D eigenvalue weighted by molar-refractivity contribution is 0.0936. The fourth-order valence-electron chi connectivity index (χ4n) is 2.42. The maximum atomic E-state index is 12.3. The minimum Gasteiger partial charge on any atom is -0.399 e. The summed E-state index contributed by atoms with van der Waals surface area (Å²) in [5.41, 5.74) is 8.01. The number of rotatable bonds is 8. The molecule has 1 unspecified atom stereocenters. The van der Waals surface area contributed by atoms with Gasteiger partial charge in [0.05, 0.1) is 0 Å². The van der Waals surface area contributed by atoms with Crippen LogP contribution in [0.2, 0.25) is 0 Å². The second kappa shape index (κ2) is 8.67. The lowest BCUT2D eigenvalue weighted by Gasteiger charge is -2.20. The van der Waals surface area contributed by atoms with Crippen LogP contribution in [-0.4, -0.2) is 36.5 Å². The van der Waals surface area contributed by atoms with Gasteiger partial charge in [-0.2, -0.15) is 0 Å². The first-order chi connectivity index (χ1) is 9.97. The fourth-order valence-corrected chi connectivity index (χ4v) is 2.42. The van der Waals surface area contributed by atoms with Gasteiger partial charge in [0.2, 0.25) is 0 Å². The van der Waals surface area contributed by atoms with Crippen molar-refractivity contribution < 1.29 is 4.79 Å². The normalized spacial score (nSPS) is 12.4. The number of hydrogen-bond acceptors (Lipinski definition) is 3. The number of amides is 1. The molecule has 0 aliphatic carbocycles. The Morgan fingerprint density at radius 2 is 2.00 bits per heavy atom. The summed E-state index contributed by atoms with van der Waals surface area (Å²) < 4.78 is 0. The van der Waals surface area contributed by atoms with E-state index in [0.717, 1.165) is 38.0 Å². The first kappa shape index (κ1) is 17.5. The number of carbonyl (C=O) groups excluding carboxylic acids is 1. The average Bonchev–Trinajstić information content (AvgIpc) is 2.46. The Hall–Kier alpha value is -1.55. The van der Waals surface area contributed by atoms with Gasteiger partial charge in [0.15, 0.2) is 0 Å². The molecule has 4 nitrogen and oxygen atoms in total. The summed E-state index contributed by atoms with van der Waals surface area (Å²) >= 11 is 0.